The number of sulfone groups is 1. The quantitative estimate of drug-likeness (QED) is 0.914. The van der Waals surface area contributed by atoms with E-state index in [4.69, 9.17) is 0 Å². The molecule has 4 nitrogen and oxygen atoms in total. The predicted octanol–water partition coefficient (Wildman–Crippen LogP) is 1.52. The standard InChI is InChI=1S/C12H15F2NO3S/c1-12(2,19(3,17)18)7-15-11(16)8-5-4-6-9(13)10(8)14/h4-6H,7H2,1-3H3,(H,15,16). The fourth-order valence-corrected chi connectivity index (χ4v) is 1.53. The molecule has 0 aliphatic heterocycles. The van der Waals surface area contributed by atoms with E-state index in [9.17, 15) is 22.0 Å². The fraction of sp³-hybridized carbons (Fsp3) is 0.417. The number of hydrogen-bond acceptors (Lipinski definition) is 3. The van der Waals surface area contributed by atoms with Crippen LogP contribution < -0.4 is 5.32 Å². The van der Waals surface area contributed by atoms with Crippen LogP contribution in [0.5, 0.6) is 0 Å². The van der Waals surface area contributed by atoms with Crippen molar-refractivity contribution in [1.82, 2.24) is 5.32 Å². The second-order valence-electron chi connectivity index (χ2n) is 4.82. The summed E-state index contributed by atoms with van der Waals surface area (Å²) in [6.45, 7) is 2.68. The molecular formula is C12H15F2NO3S. The van der Waals surface area contributed by atoms with Crippen LogP contribution in [0.15, 0.2) is 18.2 Å². The maximum atomic E-state index is 13.4. The molecule has 0 aromatic heterocycles. The number of carbonyl (C=O) groups excluding carboxylic acids is 1. The summed E-state index contributed by atoms with van der Waals surface area (Å²) in [5, 5.41) is 2.29. The molecule has 0 aliphatic rings. The first-order valence-electron chi connectivity index (χ1n) is 5.48. The van der Waals surface area contributed by atoms with Crippen LogP contribution in [0.25, 0.3) is 0 Å². The zero-order chi connectivity index (χ0) is 14.8. The van der Waals surface area contributed by atoms with Crippen molar-refractivity contribution in [2.75, 3.05) is 12.8 Å². The lowest BCUT2D eigenvalue weighted by atomic mass is 10.1. The molecule has 0 spiro atoms. The molecule has 1 amide bonds. The Morgan fingerprint density at radius 3 is 2.42 bits per heavy atom. The highest BCUT2D eigenvalue weighted by Crippen LogP contribution is 2.15. The minimum Gasteiger partial charge on any atom is -0.350 e. The highest BCUT2D eigenvalue weighted by atomic mass is 32.2. The van der Waals surface area contributed by atoms with Gasteiger partial charge in [0.1, 0.15) is 0 Å². The summed E-state index contributed by atoms with van der Waals surface area (Å²) in [6, 6.07) is 3.22. The van der Waals surface area contributed by atoms with Crippen LogP contribution in [-0.2, 0) is 9.84 Å². The third-order valence-corrected chi connectivity index (χ3v) is 5.03. The minimum atomic E-state index is -3.38. The smallest absolute Gasteiger partial charge is 0.254 e. The van der Waals surface area contributed by atoms with Crippen LogP contribution in [0.1, 0.15) is 24.2 Å². The number of benzene rings is 1. The van der Waals surface area contributed by atoms with Crippen LogP contribution in [0.4, 0.5) is 8.78 Å². The fourth-order valence-electron chi connectivity index (χ4n) is 1.20. The highest BCUT2D eigenvalue weighted by Gasteiger charge is 2.31. The van der Waals surface area contributed by atoms with Gasteiger partial charge in [0.2, 0.25) is 0 Å². The van der Waals surface area contributed by atoms with Crippen molar-refractivity contribution in [2.24, 2.45) is 0 Å². The SMILES string of the molecule is CC(C)(CNC(=O)c1cccc(F)c1F)S(C)(=O)=O. The highest BCUT2D eigenvalue weighted by molar-refractivity contribution is 7.92. The Morgan fingerprint density at radius 2 is 1.89 bits per heavy atom. The van der Waals surface area contributed by atoms with Crippen molar-refractivity contribution >= 4 is 15.7 Å². The normalized spacial score (nSPS) is 12.3. The van der Waals surface area contributed by atoms with Crippen molar-refractivity contribution in [3.63, 3.8) is 0 Å². The van der Waals surface area contributed by atoms with E-state index in [-0.39, 0.29) is 6.54 Å². The first-order valence-corrected chi connectivity index (χ1v) is 7.37. The molecule has 0 atom stereocenters. The molecule has 0 aliphatic carbocycles. The van der Waals surface area contributed by atoms with Gasteiger partial charge in [-0.1, -0.05) is 6.07 Å². The lowest BCUT2D eigenvalue weighted by Crippen LogP contribution is -2.44. The number of rotatable bonds is 4. The van der Waals surface area contributed by atoms with Crippen LogP contribution in [-0.4, -0.2) is 31.9 Å². The van der Waals surface area contributed by atoms with Gasteiger partial charge < -0.3 is 5.32 Å². The van der Waals surface area contributed by atoms with Gasteiger partial charge in [-0.2, -0.15) is 0 Å². The molecule has 0 saturated heterocycles. The molecule has 7 heteroatoms. The van der Waals surface area contributed by atoms with Crippen LogP contribution >= 0.6 is 0 Å². The molecule has 0 heterocycles. The Labute approximate surface area is 110 Å². The Hall–Kier alpha value is -1.50. The number of halogens is 2. The first kappa shape index (κ1) is 15.6. The van der Waals surface area contributed by atoms with Gasteiger partial charge in [0.05, 0.1) is 10.3 Å². The number of carbonyl (C=O) groups is 1. The Kier molecular flexibility index (Phi) is 4.29. The number of nitrogens with one attached hydrogen (secondary N) is 1. The first-order chi connectivity index (χ1) is 8.56. The lowest BCUT2D eigenvalue weighted by molar-refractivity contribution is 0.0945. The average Bonchev–Trinajstić information content (AvgIpc) is 2.28. The molecule has 0 saturated carbocycles. The second kappa shape index (κ2) is 5.24. The lowest BCUT2D eigenvalue weighted by Gasteiger charge is -2.22. The van der Waals surface area contributed by atoms with E-state index in [0.29, 0.717) is 0 Å². The third kappa shape index (κ3) is 3.50. The molecule has 1 N–H and O–H groups in total. The van der Waals surface area contributed by atoms with E-state index in [0.717, 1.165) is 18.4 Å². The van der Waals surface area contributed by atoms with Crippen molar-refractivity contribution in [3.05, 3.63) is 35.4 Å². The van der Waals surface area contributed by atoms with E-state index in [1.54, 1.807) is 0 Å². The van der Waals surface area contributed by atoms with Gasteiger partial charge in [0, 0.05) is 12.8 Å². The summed E-state index contributed by atoms with van der Waals surface area (Å²) in [6.07, 6.45) is 1.04. The number of hydrogen-bond donors (Lipinski definition) is 1. The Bertz CT molecular complexity index is 597. The van der Waals surface area contributed by atoms with Gasteiger partial charge >= 0.3 is 0 Å². The molecule has 0 unspecified atom stereocenters. The third-order valence-electron chi connectivity index (χ3n) is 2.87. The van der Waals surface area contributed by atoms with Crippen molar-refractivity contribution in [2.45, 2.75) is 18.6 Å². The van der Waals surface area contributed by atoms with Gasteiger partial charge in [-0.25, -0.2) is 17.2 Å². The molecular weight excluding hydrogens is 276 g/mol. The topological polar surface area (TPSA) is 63.2 Å². The summed E-state index contributed by atoms with van der Waals surface area (Å²) < 4.78 is 48.0. The van der Waals surface area contributed by atoms with Gasteiger partial charge in [0.25, 0.3) is 5.91 Å². The maximum absolute atomic E-state index is 13.4. The molecule has 1 aromatic carbocycles. The van der Waals surface area contributed by atoms with Crippen LogP contribution in [0, 0.1) is 11.6 Å². The Morgan fingerprint density at radius 1 is 1.32 bits per heavy atom. The number of amides is 1. The van der Waals surface area contributed by atoms with Crippen molar-refractivity contribution in [3.8, 4) is 0 Å². The van der Waals surface area contributed by atoms with Crippen LogP contribution in [0.3, 0.4) is 0 Å². The largest absolute Gasteiger partial charge is 0.350 e. The average molecular weight is 291 g/mol. The molecule has 19 heavy (non-hydrogen) atoms. The molecule has 1 rings (SSSR count). The minimum absolute atomic E-state index is 0.194. The van der Waals surface area contributed by atoms with E-state index in [1.807, 2.05) is 0 Å². The summed E-state index contributed by atoms with van der Waals surface area (Å²) in [7, 11) is -3.38. The molecule has 0 radical (unpaired) electrons. The predicted molar refractivity (Wildman–Crippen MR) is 67.6 cm³/mol. The molecule has 0 fully saturated rings. The van der Waals surface area contributed by atoms with E-state index in [1.165, 1.54) is 19.9 Å². The Balaban J connectivity index is 2.85. The summed E-state index contributed by atoms with van der Waals surface area (Å²) in [5.41, 5.74) is -0.454. The maximum Gasteiger partial charge on any atom is 0.254 e. The zero-order valence-corrected chi connectivity index (χ0v) is 11.6. The van der Waals surface area contributed by atoms with E-state index < -0.39 is 37.7 Å². The molecule has 106 valence electrons. The molecule has 0 bridgehead atoms. The summed E-state index contributed by atoms with van der Waals surface area (Å²) >= 11 is 0. The van der Waals surface area contributed by atoms with E-state index >= 15 is 0 Å². The van der Waals surface area contributed by atoms with Gasteiger partial charge in [-0.05, 0) is 26.0 Å². The van der Waals surface area contributed by atoms with Gasteiger partial charge in [0.15, 0.2) is 21.5 Å². The van der Waals surface area contributed by atoms with Crippen molar-refractivity contribution in [1.29, 1.82) is 0 Å². The monoisotopic (exact) mass is 291 g/mol. The second-order valence-corrected chi connectivity index (χ2v) is 7.47. The molecule has 1 aromatic rings. The van der Waals surface area contributed by atoms with Crippen LogP contribution in [0.2, 0.25) is 0 Å². The zero-order valence-electron chi connectivity index (χ0n) is 10.8. The summed E-state index contributed by atoms with van der Waals surface area (Å²) in [5.74, 6) is -3.24. The van der Waals surface area contributed by atoms with Gasteiger partial charge in [-0.15, -0.1) is 0 Å². The van der Waals surface area contributed by atoms with Gasteiger partial charge in [-0.3, -0.25) is 4.79 Å². The van der Waals surface area contributed by atoms with E-state index in [2.05, 4.69) is 5.32 Å². The van der Waals surface area contributed by atoms with Crippen molar-refractivity contribution < 1.29 is 22.0 Å². The summed E-state index contributed by atoms with van der Waals surface area (Å²) in [4.78, 5) is 11.7.